The van der Waals surface area contributed by atoms with E-state index in [4.69, 9.17) is 11.6 Å². The molecule has 2 rings (SSSR count). The Balaban J connectivity index is 1.99. The quantitative estimate of drug-likeness (QED) is 0.865. The molecule has 0 aliphatic heterocycles. The van der Waals surface area contributed by atoms with E-state index in [1.807, 2.05) is 23.9 Å². The van der Waals surface area contributed by atoms with E-state index in [0.29, 0.717) is 11.6 Å². The van der Waals surface area contributed by atoms with Crippen LogP contribution in [0.15, 0.2) is 30.6 Å². The molecule has 2 aromatic rings. The maximum absolute atomic E-state index is 5.73. The van der Waals surface area contributed by atoms with Crippen molar-refractivity contribution in [1.82, 2.24) is 14.8 Å². The Kier molecular flexibility index (Phi) is 2.87. The van der Waals surface area contributed by atoms with Crippen LogP contribution in [0.5, 0.6) is 0 Å². The van der Waals surface area contributed by atoms with Gasteiger partial charge in [0, 0.05) is 19.4 Å². The fourth-order valence-corrected chi connectivity index (χ4v) is 1.35. The van der Waals surface area contributed by atoms with Crippen LogP contribution >= 0.6 is 11.6 Å². The Morgan fingerprint density at radius 1 is 1.40 bits per heavy atom. The third-order valence-corrected chi connectivity index (χ3v) is 2.32. The maximum atomic E-state index is 5.73. The number of hydrogen-bond acceptors (Lipinski definition) is 3. The van der Waals surface area contributed by atoms with E-state index < -0.39 is 0 Å². The molecule has 5 heteroatoms. The molecule has 0 spiro atoms. The Morgan fingerprint density at radius 3 is 2.87 bits per heavy atom. The van der Waals surface area contributed by atoms with Crippen LogP contribution in [0.2, 0.25) is 5.02 Å². The molecule has 0 aromatic carbocycles. The van der Waals surface area contributed by atoms with Crippen LogP contribution in [0.3, 0.4) is 0 Å². The number of anilines is 1. The molecule has 0 unspecified atom stereocenters. The molecular formula is C10H11ClN4. The summed E-state index contributed by atoms with van der Waals surface area (Å²) in [5.41, 5.74) is 1.10. The molecule has 0 aliphatic rings. The number of aromatic nitrogens is 3. The largest absolute Gasteiger partial charge is 0.364 e. The molecule has 0 radical (unpaired) electrons. The summed E-state index contributed by atoms with van der Waals surface area (Å²) in [6.45, 7) is 0.700. The second-order valence-electron chi connectivity index (χ2n) is 3.16. The summed E-state index contributed by atoms with van der Waals surface area (Å²) in [4.78, 5) is 4.13. The van der Waals surface area contributed by atoms with Gasteiger partial charge in [-0.15, -0.1) is 0 Å². The number of hydrogen-bond donors (Lipinski definition) is 1. The summed E-state index contributed by atoms with van der Waals surface area (Å²) in [6, 6.07) is 5.61. The van der Waals surface area contributed by atoms with Crippen molar-refractivity contribution >= 4 is 17.4 Å². The summed E-state index contributed by atoms with van der Waals surface area (Å²) >= 11 is 5.73. The summed E-state index contributed by atoms with van der Waals surface area (Å²) in [5, 5.41) is 7.90. The van der Waals surface area contributed by atoms with E-state index in [0.717, 1.165) is 11.5 Å². The zero-order valence-electron chi connectivity index (χ0n) is 8.31. The lowest BCUT2D eigenvalue weighted by Gasteiger charge is -2.05. The maximum Gasteiger partial charge on any atom is 0.126 e. The topological polar surface area (TPSA) is 42.7 Å². The van der Waals surface area contributed by atoms with Gasteiger partial charge in [-0.1, -0.05) is 11.6 Å². The molecule has 1 N–H and O–H groups in total. The van der Waals surface area contributed by atoms with Crippen LogP contribution in [-0.4, -0.2) is 14.8 Å². The second kappa shape index (κ2) is 4.31. The van der Waals surface area contributed by atoms with Gasteiger partial charge in [0.25, 0.3) is 0 Å². The van der Waals surface area contributed by atoms with Gasteiger partial charge in [-0.2, -0.15) is 5.10 Å². The third-order valence-electron chi connectivity index (χ3n) is 2.10. The normalized spacial score (nSPS) is 10.3. The van der Waals surface area contributed by atoms with Crippen LogP contribution in [0.25, 0.3) is 0 Å². The predicted molar refractivity (Wildman–Crippen MR) is 59.8 cm³/mol. The van der Waals surface area contributed by atoms with Crippen molar-refractivity contribution in [3.63, 3.8) is 0 Å². The third kappa shape index (κ3) is 2.47. The molecule has 0 saturated heterocycles. The zero-order chi connectivity index (χ0) is 10.7. The van der Waals surface area contributed by atoms with E-state index in [9.17, 15) is 0 Å². The number of halogens is 1. The standard InChI is InChI=1S/C10H11ClN4/c1-15-9(4-5-14-15)7-13-10-3-2-8(11)6-12-10/h2-6H,7H2,1H3,(H,12,13). The SMILES string of the molecule is Cn1nccc1CNc1ccc(Cl)cn1. The molecular weight excluding hydrogens is 212 g/mol. The van der Waals surface area contributed by atoms with E-state index in [1.54, 1.807) is 18.5 Å². The molecule has 0 aliphatic carbocycles. The molecule has 0 atom stereocenters. The fourth-order valence-electron chi connectivity index (χ4n) is 1.24. The zero-order valence-corrected chi connectivity index (χ0v) is 9.07. The van der Waals surface area contributed by atoms with E-state index in [-0.39, 0.29) is 0 Å². The number of nitrogens with zero attached hydrogens (tertiary/aromatic N) is 3. The summed E-state index contributed by atoms with van der Waals surface area (Å²) in [7, 11) is 1.91. The lowest BCUT2D eigenvalue weighted by Crippen LogP contribution is -2.06. The minimum Gasteiger partial charge on any atom is -0.364 e. The van der Waals surface area contributed by atoms with Crippen molar-refractivity contribution in [2.75, 3.05) is 5.32 Å². The molecule has 0 bridgehead atoms. The van der Waals surface area contributed by atoms with Crippen molar-refractivity contribution in [3.05, 3.63) is 41.3 Å². The van der Waals surface area contributed by atoms with E-state index in [2.05, 4.69) is 15.4 Å². The first-order chi connectivity index (χ1) is 7.25. The molecule has 2 heterocycles. The summed E-state index contributed by atoms with van der Waals surface area (Å²) < 4.78 is 1.82. The minimum absolute atomic E-state index is 0.640. The van der Waals surface area contributed by atoms with E-state index in [1.165, 1.54) is 0 Å². The van der Waals surface area contributed by atoms with Crippen molar-refractivity contribution in [3.8, 4) is 0 Å². The number of rotatable bonds is 3. The first-order valence-corrected chi connectivity index (χ1v) is 4.96. The van der Waals surface area contributed by atoms with Crippen molar-refractivity contribution < 1.29 is 0 Å². The van der Waals surface area contributed by atoms with Crippen LogP contribution in [-0.2, 0) is 13.6 Å². The highest BCUT2D eigenvalue weighted by Gasteiger charge is 1.98. The molecule has 2 aromatic heterocycles. The van der Waals surface area contributed by atoms with Gasteiger partial charge >= 0.3 is 0 Å². The van der Waals surface area contributed by atoms with Gasteiger partial charge in [0.1, 0.15) is 5.82 Å². The van der Waals surface area contributed by atoms with Gasteiger partial charge in [-0.3, -0.25) is 4.68 Å². The van der Waals surface area contributed by atoms with Crippen LogP contribution in [0.1, 0.15) is 5.69 Å². The summed E-state index contributed by atoms with van der Waals surface area (Å²) in [5.74, 6) is 0.806. The smallest absolute Gasteiger partial charge is 0.126 e. The minimum atomic E-state index is 0.640. The molecule has 15 heavy (non-hydrogen) atoms. The van der Waals surface area contributed by atoms with Crippen LogP contribution in [0.4, 0.5) is 5.82 Å². The molecule has 78 valence electrons. The average Bonchev–Trinajstić information content (AvgIpc) is 2.63. The monoisotopic (exact) mass is 222 g/mol. The van der Waals surface area contributed by atoms with Crippen LogP contribution in [0, 0.1) is 0 Å². The Hall–Kier alpha value is -1.55. The Labute approximate surface area is 92.9 Å². The van der Waals surface area contributed by atoms with Gasteiger partial charge in [-0.25, -0.2) is 4.98 Å². The highest BCUT2D eigenvalue weighted by molar-refractivity contribution is 6.30. The average molecular weight is 223 g/mol. The fraction of sp³-hybridized carbons (Fsp3) is 0.200. The molecule has 0 amide bonds. The lowest BCUT2D eigenvalue weighted by molar-refractivity contribution is 0.720. The Morgan fingerprint density at radius 2 is 2.27 bits per heavy atom. The second-order valence-corrected chi connectivity index (χ2v) is 3.60. The van der Waals surface area contributed by atoms with Crippen molar-refractivity contribution in [2.24, 2.45) is 7.05 Å². The molecule has 4 nitrogen and oxygen atoms in total. The number of nitrogens with one attached hydrogen (secondary N) is 1. The predicted octanol–water partition coefficient (Wildman–Crippen LogP) is 2.08. The van der Waals surface area contributed by atoms with Crippen LogP contribution < -0.4 is 5.32 Å². The number of aryl methyl sites for hydroxylation is 1. The highest BCUT2D eigenvalue weighted by atomic mass is 35.5. The highest BCUT2D eigenvalue weighted by Crippen LogP contribution is 2.10. The number of pyridine rings is 1. The van der Waals surface area contributed by atoms with Crippen molar-refractivity contribution in [2.45, 2.75) is 6.54 Å². The van der Waals surface area contributed by atoms with Gasteiger partial charge < -0.3 is 5.32 Å². The van der Waals surface area contributed by atoms with Gasteiger partial charge in [0.2, 0.25) is 0 Å². The molecule has 0 fully saturated rings. The van der Waals surface area contributed by atoms with Gasteiger partial charge in [0.05, 0.1) is 17.3 Å². The van der Waals surface area contributed by atoms with Gasteiger partial charge in [0.15, 0.2) is 0 Å². The first-order valence-electron chi connectivity index (χ1n) is 4.58. The lowest BCUT2D eigenvalue weighted by atomic mass is 10.4. The van der Waals surface area contributed by atoms with E-state index >= 15 is 0 Å². The van der Waals surface area contributed by atoms with Crippen molar-refractivity contribution in [1.29, 1.82) is 0 Å². The summed E-state index contributed by atoms with van der Waals surface area (Å²) in [6.07, 6.45) is 3.39. The van der Waals surface area contributed by atoms with Gasteiger partial charge in [-0.05, 0) is 18.2 Å². The Bertz CT molecular complexity index is 435. The first kappa shape index (κ1) is 9.98. The molecule has 0 saturated carbocycles.